The molecule has 2 aromatic heterocycles. The fraction of sp³-hybridized carbons (Fsp3) is 0.471. The van der Waals surface area contributed by atoms with Gasteiger partial charge in [-0.1, -0.05) is 13.0 Å². The first-order chi connectivity index (χ1) is 10.2. The van der Waals surface area contributed by atoms with Crippen LogP contribution in [0.5, 0.6) is 0 Å². The van der Waals surface area contributed by atoms with Gasteiger partial charge in [-0.2, -0.15) is 0 Å². The highest BCUT2D eigenvalue weighted by molar-refractivity contribution is 5.21. The molecule has 4 nitrogen and oxygen atoms in total. The summed E-state index contributed by atoms with van der Waals surface area (Å²) < 4.78 is 0. The van der Waals surface area contributed by atoms with Gasteiger partial charge in [0.25, 0.3) is 0 Å². The number of aryl methyl sites for hydroxylation is 2. The van der Waals surface area contributed by atoms with E-state index in [1.54, 1.807) is 0 Å². The molecular formula is C17H22N4. The van der Waals surface area contributed by atoms with Crippen LogP contribution in [0.25, 0.3) is 0 Å². The van der Waals surface area contributed by atoms with Crippen molar-refractivity contribution in [2.75, 3.05) is 6.54 Å². The van der Waals surface area contributed by atoms with Crippen molar-refractivity contribution in [2.45, 2.75) is 46.2 Å². The minimum atomic E-state index is 0.901. The van der Waals surface area contributed by atoms with Crippen LogP contribution in [0.4, 0.5) is 0 Å². The molecule has 0 saturated heterocycles. The number of fused-ring (bicyclic) bond motifs is 1. The van der Waals surface area contributed by atoms with Crippen LogP contribution in [0.15, 0.2) is 24.4 Å². The van der Waals surface area contributed by atoms with Crippen molar-refractivity contribution in [1.29, 1.82) is 0 Å². The smallest absolute Gasteiger partial charge is 0.128 e. The lowest BCUT2D eigenvalue weighted by Crippen LogP contribution is -2.31. The molecule has 3 heterocycles. The molecule has 4 heteroatoms. The fourth-order valence-corrected chi connectivity index (χ4v) is 2.81. The third kappa shape index (κ3) is 3.45. The van der Waals surface area contributed by atoms with E-state index in [-0.39, 0.29) is 0 Å². The summed E-state index contributed by atoms with van der Waals surface area (Å²) in [4.78, 5) is 16.2. The molecule has 0 bridgehead atoms. The maximum absolute atomic E-state index is 4.71. The first-order valence-electron chi connectivity index (χ1n) is 7.73. The van der Waals surface area contributed by atoms with E-state index in [2.05, 4.69) is 33.9 Å². The van der Waals surface area contributed by atoms with Gasteiger partial charge in [0.15, 0.2) is 0 Å². The maximum Gasteiger partial charge on any atom is 0.128 e. The van der Waals surface area contributed by atoms with E-state index in [0.717, 1.165) is 56.1 Å². The Hall–Kier alpha value is -1.81. The van der Waals surface area contributed by atoms with Crippen LogP contribution in [0.3, 0.4) is 0 Å². The summed E-state index contributed by atoms with van der Waals surface area (Å²) in [5.41, 5.74) is 4.73. The summed E-state index contributed by atoms with van der Waals surface area (Å²) in [6.07, 6.45) is 5.11. The molecule has 1 aliphatic heterocycles. The van der Waals surface area contributed by atoms with E-state index in [1.807, 2.05) is 19.2 Å². The van der Waals surface area contributed by atoms with Crippen molar-refractivity contribution in [2.24, 2.45) is 0 Å². The van der Waals surface area contributed by atoms with Crippen LogP contribution < -0.4 is 0 Å². The third-order valence-electron chi connectivity index (χ3n) is 3.87. The van der Waals surface area contributed by atoms with Gasteiger partial charge < -0.3 is 0 Å². The highest BCUT2D eigenvalue weighted by Crippen LogP contribution is 2.18. The average Bonchev–Trinajstić information content (AvgIpc) is 2.48. The molecule has 110 valence electrons. The van der Waals surface area contributed by atoms with Crippen LogP contribution in [-0.2, 0) is 25.9 Å². The standard InChI is InChI=1S/C17H22N4/c1-3-5-17-18-10-14-11-21(9-8-16(14)20-17)12-15-7-4-6-13(2)19-15/h4,6-7,10H,3,5,8-9,11-12H2,1-2H3. The molecule has 0 amide bonds. The van der Waals surface area contributed by atoms with Crippen molar-refractivity contribution < 1.29 is 0 Å². The fourth-order valence-electron chi connectivity index (χ4n) is 2.81. The molecule has 0 radical (unpaired) electrons. The van der Waals surface area contributed by atoms with Gasteiger partial charge in [0, 0.05) is 55.6 Å². The summed E-state index contributed by atoms with van der Waals surface area (Å²) in [5, 5.41) is 0. The molecule has 0 aliphatic carbocycles. The summed E-state index contributed by atoms with van der Waals surface area (Å²) in [6.45, 7) is 7.08. The Labute approximate surface area is 126 Å². The van der Waals surface area contributed by atoms with Crippen LogP contribution in [-0.4, -0.2) is 26.4 Å². The van der Waals surface area contributed by atoms with Gasteiger partial charge in [0.05, 0.1) is 5.69 Å². The Morgan fingerprint density at radius 2 is 2.14 bits per heavy atom. The molecule has 0 spiro atoms. The molecule has 0 aromatic carbocycles. The zero-order valence-corrected chi connectivity index (χ0v) is 12.8. The topological polar surface area (TPSA) is 41.9 Å². The largest absolute Gasteiger partial charge is 0.293 e. The Balaban J connectivity index is 1.70. The molecule has 0 fully saturated rings. The third-order valence-corrected chi connectivity index (χ3v) is 3.87. The lowest BCUT2D eigenvalue weighted by atomic mass is 10.1. The van der Waals surface area contributed by atoms with Crippen molar-refractivity contribution in [3.8, 4) is 0 Å². The maximum atomic E-state index is 4.71. The van der Waals surface area contributed by atoms with Gasteiger partial charge in [0.1, 0.15) is 5.82 Å². The molecule has 0 saturated carbocycles. The number of nitrogens with zero attached hydrogens (tertiary/aromatic N) is 4. The van der Waals surface area contributed by atoms with Gasteiger partial charge in [-0.25, -0.2) is 9.97 Å². The highest BCUT2D eigenvalue weighted by Gasteiger charge is 2.18. The minimum absolute atomic E-state index is 0.901. The van der Waals surface area contributed by atoms with Crippen molar-refractivity contribution in [1.82, 2.24) is 19.9 Å². The first-order valence-corrected chi connectivity index (χ1v) is 7.73. The first kappa shape index (κ1) is 14.1. The number of aromatic nitrogens is 3. The van der Waals surface area contributed by atoms with E-state index in [9.17, 15) is 0 Å². The highest BCUT2D eigenvalue weighted by atomic mass is 15.1. The molecule has 3 rings (SSSR count). The lowest BCUT2D eigenvalue weighted by molar-refractivity contribution is 0.239. The molecule has 1 aliphatic rings. The quantitative estimate of drug-likeness (QED) is 0.864. The van der Waals surface area contributed by atoms with E-state index in [4.69, 9.17) is 4.98 Å². The second-order valence-electron chi connectivity index (χ2n) is 5.74. The van der Waals surface area contributed by atoms with Crippen LogP contribution in [0, 0.1) is 6.92 Å². The second-order valence-corrected chi connectivity index (χ2v) is 5.74. The zero-order chi connectivity index (χ0) is 14.7. The van der Waals surface area contributed by atoms with Gasteiger partial charge >= 0.3 is 0 Å². The zero-order valence-electron chi connectivity index (χ0n) is 12.8. The molecule has 0 atom stereocenters. The van der Waals surface area contributed by atoms with Gasteiger partial charge in [-0.05, 0) is 25.5 Å². The summed E-state index contributed by atoms with van der Waals surface area (Å²) in [7, 11) is 0. The van der Waals surface area contributed by atoms with E-state index < -0.39 is 0 Å². The summed E-state index contributed by atoms with van der Waals surface area (Å²) in [6, 6.07) is 6.22. The van der Waals surface area contributed by atoms with E-state index in [1.165, 1.54) is 11.3 Å². The normalized spacial score (nSPS) is 15.0. The Morgan fingerprint density at radius 1 is 1.24 bits per heavy atom. The number of rotatable bonds is 4. The summed E-state index contributed by atoms with van der Waals surface area (Å²) >= 11 is 0. The van der Waals surface area contributed by atoms with E-state index >= 15 is 0 Å². The van der Waals surface area contributed by atoms with Gasteiger partial charge in [-0.15, -0.1) is 0 Å². The second kappa shape index (κ2) is 6.31. The molecular weight excluding hydrogens is 260 g/mol. The minimum Gasteiger partial charge on any atom is -0.293 e. The van der Waals surface area contributed by atoms with Gasteiger partial charge in [-0.3, -0.25) is 9.88 Å². The van der Waals surface area contributed by atoms with Crippen molar-refractivity contribution in [3.05, 3.63) is 52.9 Å². The van der Waals surface area contributed by atoms with Crippen LogP contribution in [0.2, 0.25) is 0 Å². The number of pyridine rings is 1. The van der Waals surface area contributed by atoms with Gasteiger partial charge in [0.2, 0.25) is 0 Å². The van der Waals surface area contributed by atoms with Crippen LogP contribution >= 0.6 is 0 Å². The molecule has 0 N–H and O–H groups in total. The SMILES string of the molecule is CCCc1ncc2c(n1)CCN(Cc1cccc(C)n1)C2. The number of hydrogen-bond donors (Lipinski definition) is 0. The number of hydrogen-bond acceptors (Lipinski definition) is 4. The summed E-state index contributed by atoms with van der Waals surface area (Å²) in [5.74, 6) is 0.991. The Morgan fingerprint density at radius 3 is 2.95 bits per heavy atom. The Bertz CT molecular complexity index is 624. The molecule has 0 unspecified atom stereocenters. The monoisotopic (exact) mass is 282 g/mol. The van der Waals surface area contributed by atoms with Crippen molar-refractivity contribution in [3.63, 3.8) is 0 Å². The van der Waals surface area contributed by atoms with Crippen LogP contribution in [0.1, 0.15) is 41.8 Å². The van der Waals surface area contributed by atoms with Crippen molar-refractivity contribution >= 4 is 0 Å². The predicted molar refractivity (Wildman–Crippen MR) is 82.8 cm³/mol. The lowest BCUT2D eigenvalue weighted by Gasteiger charge is -2.27. The average molecular weight is 282 g/mol. The Kier molecular flexibility index (Phi) is 4.25. The predicted octanol–water partition coefficient (Wildman–Crippen LogP) is 2.69. The molecule has 2 aromatic rings. The van der Waals surface area contributed by atoms with E-state index in [0.29, 0.717) is 0 Å². The molecule has 21 heavy (non-hydrogen) atoms.